The molecule has 0 unspecified atom stereocenters. The Bertz CT molecular complexity index is 1030. The predicted octanol–water partition coefficient (Wildman–Crippen LogP) is 2.80. The van der Waals surface area contributed by atoms with Crippen LogP contribution < -0.4 is 10.9 Å². The third-order valence-electron chi connectivity index (χ3n) is 4.71. The molecule has 1 fully saturated rings. The zero-order valence-electron chi connectivity index (χ0n) is 15.2. The Morgan fingerprint density at radius 2 is 1.92 bits per heavy atom. The average Bonchev–Trinajstić information content (AvgIpc) is 3.41. The Morgan fingerprint density at radius 3 is 2.54 bits per heavy atom. The Morgan fingerprint density at radius 1 is 1.23 bits per heavy atom. The number of nitrogens with one attached hydrogen (secondary N) is 1. The fraction of sp³-hybridized carbons (Fsp3) is 0.350. The molecule has 0 amide bonds. The lowest BCUT2D eigenvalue weighted by Gasteiger charge is -2.18. The molecule has 3 aromatic rings. The molecule has 6 nitrogen and oxygen atoms in total. The summed E-state index contributed by atoms with van der Waals surface area (Å²) >= 11 is 0. The summed E-state index contributed by atoms with van der Waals surface area (Å²) in [5.74, 6) is 0.597. The van der Waals surface area contributed by atoms with E-state index in [0.29, 0.717) is 22.8 Å². The molecule has 1 aliphatic carbocycles. The van der Waals surface area contributed by atoms with Crippen LogP contribution in [0.25, 0.3) is 22.2 Å². The van der Waals surface area contributed by atoms with Gasteiger partial charge in [-0.1, -0.05) is 24.3 Å². The van der Waals surface area contributed by atoms with Crippen molar-refractivity contribution in [2.24, 2.45) is 7.05 Å². The second-order valence-corrected chi connectivity index (χ2v) is 7.47. The van der Waals surface area contributed by atoms with E-state index in [1.807, 2.05) is 30.3 Å². The number of hydrogen-bond acceptors (Lipinski definition) is 5. The number of hydrogen-bond donors (Lipinski definition) is 2. The molecule has 0 saturated heterocycles. The van der Waals surface area contributed by atoms with Gasteiger partial charge in [0.1, 0.15) is 11.2 Å². The van der Waals surface area contributed by atoms with Gasteiger partial charge >= 0.3 is 0 Å². The minimum Gasteiger partial charge on any atom is -0.386 e. The van der Waals surface area contributed by atoms with Gasteiger partial charge in [-0.05, 0) is 38.3 Å². The highest BCUT2D eigenvalue weighted by Gasteiger charge is 2.24. The molecule has 0 radical (unpaired) electrons. The number of aliphatic hydroxyl groups is 1. The summed E-state index contributed by atoms with van der Waals surface area (Å²) in [7, 11) is 1.69. The van der Waals surface area contributed by atoms with Crippen molar-refractivity contribution in [3.8, 4) is 11.3 Å². The van der Waals surface area contributed by atoms with Gasteiger partial charge in [0, 0.05) is 18.7 Å². The maximum Gasteiger partial charge on any atom is 0.264 e. The fourth-order valence-electron chi connectivity index (χ4n) is 2.94. The summed E-state index contributed by atoms with van der Waals surface area (Å²) in [6.45, 7) is 3.52. The number of rotatable bonds is 4. The van der Waals surface area contributed by atoms with Gasteiger partial charge in [-0.2, -0.15) is 0 Å². The van der Waals surface area contributed by atoms with Gasteiger partial charge in [0.05, 0.1) is 23.1 Å². The third kappa shape index (κ3) is 3.08. The summed E-state index contributed by atoms with van der Waals surface area (Å²) in [4.78, 5) is 21.7. The first-order valence-electron chi connectivity index (χ1n) is 8.79. The number of nitrogens with zero attached hydrogens (tertiary/aromatic N) is 3. The van der Waals surface area contributed by atoms with Crippen LogP contribution in [-0.2, 0) is 12.6 Å². The molecular weight excluding hydrogens is 328 g/mol. The molecule has 2 heterocycles. The van der Waals surface area contributed by atoms with E-state index in [1.165, 1.54) is 10.9 Å². The first-order valence-corrected chi connectivity index (χ1v) is 8.79. The number of aryl methyl sites for hydroxylation is 1. The number of aromatic nitrogens is 3. The number of anilines is 1. The highest BCUT2D eigenvalue weighted by atomic mass is 16.3. The monoisotopic (exact) mass is 350 g/mol. The topological polar surface area (TPSA) is 80.0 Å². The van der Waals surface area contributed by atoms with Crippen LogP contribution in [0.5, 0.6) is 0 Å². The minimum atomic E-state index is -0.887. The smallest absolute Gasteiger partial charge is 0.264 e. The van der Waals surface area contributed by atoms with Crippen LogP contribution in [0.3, 0.4) is 0 Å². The molecule has 1 saturated carbocycles. The van der Waals surface area contributed by atoms with E-state index < -0.39 is 5.60 Å². The Kier molecular flexibility index (Phi) is 3.80. The van der Waals surface area contributed by atoms with Gasteiger partial charge in [0.2, 0.25) is 0 Å². The molecule has 2 N–H and O–H groups in total. The van der Waals surface area contributed by atoms with Crippen LogP contribution in [0, 0.1) is 0 Å². The molecule has 2 aromatic heterocycles. The number of pyridine rings is 1. The van der Waals surface area contributed by atoms with Crippen molar-refractivity contribution in [2.45, 2.75) is 38.3 Å². The normalized spacial score (nSPS) is 14.6. The molecule has 0 atom stereocenters. The summed E-state index contributed by atoms with van der Waals surface area (Å²) < 4.78 is 1.47. The third-order valence-corrected chi connectivity index (χ3v) is 4.71. The molecule has 26 heavy (non-hydrogen) atoms. The van der Waals surface area contributed by atoms with Gasteiger partial charge in [0.15, 0.2) is 0 Å². The lowest BCUT2D eigenvalue weighted by Crippen LogP contribution is -2.19. The largest absolute Gasteiger partial charge is 0.386 e. The first kappa shape index (κ1) is 16.7. The quantitative estimate of drug-likeness (QED) is 0.756. The van der Waals surface area contributed by atoms with Crippen LogP contribution in [0.1, 0.15) is 32.3 Å². The minimum absolute atomic E-state index is 0.102. The first-order chi connectivity index (χ1) is 12.3. The number of benzene rings is 1. The van der Waals surface area contributed by atoms with E-state index in [2.05, 4.69) is 10.3 Å². The maximum absolute atomic E-state index is 12.6. The van der Waals surface area contributed by atoms with Gasteiger partial charge < -0.3 is 15.0 Å². The lowest BCUT2D eigenvalue weighted by molar-refractivity contribution is 0.0786. The summed E-state index contributed by atoms with van der Waals surface area (Å²) in [6, 6.07) is 9.88. The van der Waals surface area contributed by atoms with Crippen molar-refractivity contribution < 1.29 is 5.11 Å². The van der Waals surface area contributed by atoms with Crippen LogP contribution in [0.4, 0.5) is 5.82 Å². The molecule has 134 valence electrons. The summed E-state index contributed by atoms with van der Waals surface area (Å²) in [6.07, 6.45) is 3.72. The molecule has 0 bridgehead atoms. The lowest BCUT2D eigenvalue weighted by atomic mass is 9.96. The standard InChI is InChI=1S/C20H22N4O2/c1-20(2,26)13-6-4-12(5-7-13)15-10-16-17(19(25)24(3)11-21-16)18(23-15)22-14-8-9-14/h4-7,10-11,14,26H,8-9H2,1-3H3,(H,22,23). The molecule has 0 spiro atoms. The fourth-order valence-corrected chi connectivity index (χ4v) is 2.94. The summed E-state index contributed by atoms with van der Waals surface area (Å²) in [5, 5.41) is 14.0. The van der Waals surface area contributed by atoms with Gasteiger partial charge in [0.25, 0.3) is 5.56 Å². The van der Waals surface area contributed by atoms with Gasteiger partial charge in [-0.15, -0.1) is 0 Å². The van der Waals surface area contributed by atoms with E-state index >= 15 is 0 Å². The van der Waals surface area contributed by atoms with E-state index in [4.69, 9.17) is 4.98 Å². The van der Waals surface area contributed by atoms with Gasteiger partial charge in [-0.3, -0.25) is 4.79 Å². The van der Waals surface area contributed by atoms with Gasteiger partial charge in [-0.25, -0.2) is 9.97 Å². The zero-order chi connectivity index (χ0) is 18.5. The molecule has 0 aliphatic heterocycles. The van der Waals surface area contributed by atoms with Crippen molar-refractivity contribution in [2.75, 3.05) is 5.32 Å². The van der Waals surface area contributed by atoms with E-state index in [1.54, 1.807) is 20.9 Å². The van der Waals surface area contributed by atoms with Crippen LogP contribution in [0.2, 0.25) is 0 Å². The van der Waals surface area contributed by atoms with Crippen molar-refractivity contribution in [3.63, 3.8) is 0 Å². The van der Waals surface area contributed by atoms with Crippen molar-refractivity contribution in [1.29, 1.82) is 0 Å². The Balaban J connectivity index is 1.85. The van der Waals surface area contributed by atoms with E-state index in [0.717, 1.165) is 29.7 Å². The zero-order valence-corrected chi connectivity index (χ0v) is 15.2. The Labute approximate surface area is 151 Å². The summed E-state index contributed by atoms with van der Waals surface area (Å²) in [5.41, 5.74) is 2.15. The molecule has 4 rings (SSSR count). The molecule has 6 heteroatoms. The molecule has 1 aromatic carbocycles. The number of fused-ring (bicyclic) bond motifs is 1. The van der Waals surface area contributed by atoms with Crippen molar-refractivity contribution in [3.05, 3.63) is 52.6 Å². The SMILES string of the molecule is Cn1cnc2cc(-c3ccc(C(C)(C)O)cc3)nc(NC3CC3)c2c1=O. The Hall–Kier alpha value is -2.73. The van der Waals surface area contributed by atoms with Crippen molar-refractivity contribution >= 4 is 16.7 Å². The highest BCUT2D eigenvalue weighted by Crippen LogP contribution is 2.30. The van der Waals surface area contributed by atoms with Crippen LogP contribution in [0.15, 0.2) is 41.5 Å². The van der Waals surface area contributed by atoms with Crippen LogP contribution >= 0.6 is 0 Å². The average molecular weight is 350 g/mol. The second kappa shape index (κ2) is 5.92. The highest BCUT2D eigenvalue weighted by molar-refractivity contribution is 5.91. The predicted molar refractivity (Wildman–Crippen MR) is 102 cm³/mol. The van der Waals surface area contributed by atoms with Crippen molar-refractivity contribution in [1.82, 2.24) is 14.5 Å². The van der Waals surface area contributed by atoms with E-state index in [9.17, 15) is 9.90 Å². The van der Waals surface area contributed by atoms with E-state index in [-0.39, 0.29) is 5.56 Å². The molecule has 1 aliphatic rings. The molecular formula is C20H22N4O2. The maximum atomic E-state index is 12.6. The second-order valence-electron chi connectivity index (χ2n) is 7.47. The van der Waals surface area contributed by atoms with Crippen LogP contribution in [-0.4, -0.2) is 25.7 Å².